The van der Waals surface area contributed by atoms with Crippen molar-refractivity contribution in [3.63, 3.8) is 0 Å². The van der Waals surface area contributed by atoms with Gasteiger partial charge in [-0.25, -0.2) is 4.79 Å². The lowest BCUT2D eigenvalue weighted by Gasteiger charge is -2.03. The molecule has 0 aliphatic carbocycles. The monoisotopic (exact) mass is 266 g/mol. The number of esters is 1. The van der Waals surface area contributed by atoms with Gasteiger partial charge in [0.2, 0.25) is 0 Å². The molecule has 0 bridgehead atoms. The average Bonchev–Trinajstić information content (AvgIpc) is 2.72. The van der Waals surface area contributed by atoms with Crippen LogP contribution in [0.25, 0.3) is 11.3 Å². The highest BCUT2D eigenvalue weighted by Crippen LogP contribution is 2.32. The minimum Gasteiger partial charge on any atom is -0.508 e. The molecule has 0 fully saturated rings. The molecular formula is C13H11ClO4. The third-order valence-electron chi connectivity index (χ3n) is 2.36. The molecule has 0 aliphatic rings. The Morgan fingerprint density at radius 2 is 2.06 bits per heavy atom. The molecule has 0 unspecified atom stereocenters. The summed E-state index contributed by atoms with van der Waals surface area (Å²) in [4.78, 5) is 11.8. The summed E-state index contributed by atoms with van der Waals surface area (Å²) >= 11 is 5.91. The number of hydrogen-bond donors (Lipinski definition) is 1. The van der Waals surface area contributed by atoms with Crippen LogP contribution in [-0.4, -0.2) is 17.7 Å². The Balaban J connectivity index is 2.45. The van der Waals surface area contributed by atoms with Crippen molar-refractivity contribution in [3.05, 3.63) is 41.1 Å². The molecule has 0 amide bonds. The standard InChI is InChI=1S/C13H11ClO4/c1-2-17-13(16)11-10(14)7-18-12(11)8-3-5-9(15)6-4-8/h3-7,15H,2H2,1H3. The first-order valence-electron chi connectivity index (χ1n) is 5.37. The van der Waals surface area contributed by atoms with Gasteiger partial charge in [0.1, 0.15) is 23.3 Å². The van der Waals surface area contributed by atoms with Crippen molar-refractivity contribution < 1.29 is 19.1 Å². The Labute approximate surface area is 109 Å². The first-order valence-corrected chi connectivity index (χ1v) is 5.74. The van der Waals surface area contributed by atoms with Crippen molar-refractivity contribution in [1.82, 2.24) is 0 Å². The number of furan rings is 1. The Bertz CT molecular complexity index is 557. The second kappa shape index (κ2) is 5.14. The van der Waals surface area contributed by atoms with Gasteiger partial charge in [0.15, 0.2) is 0 Å². The Morgan fingerprint density at radius 1 is 1.39 bits per heavy atom. The molecule has 0 saturated carbocycles. The number of phenols is 1. The van der Waals surface area contributed by atoms with Gasteiger partial charge in [-0.3, -0.25) is 0 Å². The second-order valence-corrected chi connectivity index (χ2v) is 3.96. The van der Waals surface area contributed by atoms with Crippen LogP contribution in [0, 0.1) is 0 Å². The van der Waals surface area contributed by atoms with Crippen LogP contribution < -0.4 is 0 Å². The molecule has 0 saturated heterocycles. The number of phenolic OH excluding ortho intramolecular Hbond substituents is 1. The van der Waals surface area contributed by atoms with Crippen molar-refractivity contribution >= 4 is 17.6 Å². The van der Waals surface area contributed by atoms with Crippen LogP contribution in [0.4, 0.5) is 0 Å². The number of rotatable bonds is 3. The van der Waals surface area contributed by atoms with Crippen LogP contribution in [0.2, 0.25) is 5.02 Å². The molecule has 2 rings (SSSR count). The molecule has 0 atom stereocenters. The fraction of sp³-hybridized carbons (Fsp3) is 0.154. The maximum atomic E-state index is 11.8. The number of ether oxygens (including phenoxy) is 1. The fourth-order valence-electron chi connectivity index (χ4n) is 1.56. The van der Waals surface area contributed by atoms with Crippen LogP contribution in [0.5, 0.6) is 5.75 Å². The van der Waals surface area contributed by atoms with Crippen molar-refractivity contribution in [2.75, 3.05) is 6.61 Å². The lowest BCUT2D eigenvalue weighted by atomic mass is 10.1. The molecular weight excluding hydrogens is 256 g/mol. The number of hydrogen-bond acceptors (Lipinski definition) is 4. The van der Waals surface area contributed by atoms with Crippen LogP contribution in [0.3, 0.4) is 0 Å². The quantitative estimate of drug-likeness (QED) is 0.864. The van der Waals surface area contributed by atoms with E-state index >= 15 is 0 Å². The van der Waals surface area contributed by atoms with Gasteiger partial charge in [-0.15, -0.1) is 0 Å². The van der Waals surface area contributed by atoms with E-state index in [9.17, 15) is 9.90 Å². The van der Waals surface area contributed by atoms with E-state index in [0.717, 1.165) is 0 Å². The Kier molecular flexibility index (Phi) is 3.58. The van der Waals surface area contributed by atoms with E-state index in [2.05, 4.69) is 0 Å². The normalized spacial score (nSPS) is 10.3. The minimum absolute atomic E-state index is 0.133. The predicted molar refractivity (Wildman–Crippen MR) is 66.8 cm³/mol. The van der Waals surface area contributed by atoms with E-state index in [4.69, 9.17) is 20.8 Å². The number of aromatic hydroxyl groups is 1. The molecule has 0 spiro atoms. The number of halogens is 1. The first kappa shape index (κ1) is 12.5. The smallest absolute Gasteiger partial charge is 0.343 e. The average molecular weight is 267 g/mol. The van der Waals surface area contributed by atoms with Gasteiger partial charge in [-0.05, 0) is 31.2 Å². The van der Waals surface area contributed by atoms with Crippen LogP contribution in [0.1, 0.15) is 17.3 Å². The van der Waals surface area contributed by atoms with Gasteiger partial charge >= 0.3 is 5.97 Å². The summed E-state index contributed by atoms with van der Waals surface area (Å²) in [7, 11) is 0. The molecule has 0 radical (unpaired) electrons. The summed E-state index contributed by atoms with van der Waals surface area (Å²) < 4.78 is 10.2. The highest BCUT2D eigenvalue weighted by Gasteiger charge is 2.22. The zero-order valence-corrected chi connectivity index (χ0v) is 10.4. The zero-order valence-electron chi connectivity index (χ0n) is 9.64. The van der Waals surface area contributed by atoms with Crippen molar-refractivity contribution in [1.29, 1.82) is 0 Å². The molecule has 4 nitrogen and oxygen atoms in total. The maximum absolute atomic E-state index is 11.8. The Morgan fingerprint density at radius 3 is 2.67 bits per heavy atom. The van der Waals surface area contributed by atoms with Gasteiger partial charge in [0.25, 0.3) is 0 Å². The second-order valence-electron chi connectivity index (χ2n) is 3.56. The molecule has 1 aromatic heterocycles. The van der Waals surface area contributed by atoms with E-state index in [-0.39, 0.29) is 22.9 Å². The number of carbonyl (C=O) groups is 1. The summed E-state index contributed by atoms with van der Waals surface area (Å²) in [5.74, 6) is -0.0631. The highest BCUT2D eigenvalue weighted by molar-refractivity contribution is 6.34. The maximum Gasteiger partial charge on any atom is 0.343 e. The van der Waals surface area contributed by atoms with Crippen LogP contribution in [0.15, 0.2) is 34.9 Å². The predicted octanol–water partition coefficient (Wildman–Crippen LogP) is 3.48. The van der Waals surface area contributed by atoms with E-state index in [0.29, 0.717) is 11.3 Å². The van der Waals surface area contributed by atoms with E-state index < -0.39 is 5.97 Å². The molecule has 5 heteroatoms. The van der Waals surface area contributed by atoms with Crippen LogP contribution in [-0.2, 0) is 4.74 Å². The first-order chi connectivity index (χ1) is 8.63. The molecule has 1 N–H and O–H groups in total. The molecule has 1 heterocycles. The van der Waals surface area contributed by atoms with Gasteiger partial charge in [-0.1, -0.05) is 11.6 Å². The fourth-order valence-corrected chi connectivity index (χ4v) is 1.76. The lowest BCUT2D eigenvalue weighted by molar-refractivity contribution is 0.0527. The SMILES string of the molecule is CCOC(=O)c1c(Cl)coc1-c1ccc(O)cc1. The van der Waals surface area contributed by atoms with Gasteiger partial charge in [-0.2, -0.15) is 0 Å². The van der Waals surface area contributed by atoms with Gasteiger partial charge in [0, 0.05) is 5.56 Å². The van der Waals surface area contributed by atoms with Gasteiger partial charge in [0.05, 0.1) is 11.6 Å². The lowest BCUT2D eigenvalue weighted by Crippen LogP contribution is -2.05. The number of carbonyl (C=O) groups excluding carboxylic acids is 1. The van der Waals surface area contributed by atoms with Crippen molar-refractivity contribution in [2.45, 2.75) is 6.92 Å². The minimum atomic E-state index is -0.528. The van der Waals surface area contributed by atoms with E-state index in [1.165, 1.54) is 18.4 Å². The number of benzene rings is 1. The summed E-state index contributed by atoms with van der Waals surface area (Å²) in [5, 5.41) is 9.43. The largest absolute Gasteiger partial charge is 0.508 e. The van der Waals surface area contributed by atoms with Crippen molar-refractivity contribution in [3.8, 4) is 17.1 Å². The third-order valence-corrected chi connectivity index (χ3v) is 2.63. The van der Waals surface area contributed by atoms with Crippen molar-refractivity contribution in [2.24, 2.45) is 0 Å². The summed E-state index contributed by atoms with van der Waals surface area (Å²) in [5.41, 5.74) is 0.840. The highest BCUT2D eigenvalue weighted by atomic mass is 35.5. The molecule has 2 aromatic rings. The molecule has 94 valence electrons. The molecule has 0 aliphatic heterocycles. The van der Waals surface area contributed by atoms with E-state index in [1.807, 2.05) is 0 Å². The van der Waals surface area contributed by atoms with Gasteiger partial charge < -0.3 is 14.3 Å². The summed E-state index contributed by atoms with van der Waals surface area (Å²) in [6.45, 7) is 1.97. The zero-order chi connectivity index (χ0) is 13.1. The Hall–Kier alpha value is -1.94. The summed E-state index contributed by atoms with van der Waals surface area (Å²) in [6, 6.07) is 6.27. The topological polar surface area (TPSA) is 59.7 Å². The molecule has 1 aromatic carbocycles. The van der Waals surface area contributed by atoms with E-state index in [1.54, 1.807) is 19.1 Å². The molecule has 18 heavy (non-hydrogen) atoms. The summed E-state index contributed by atoms with van der Waals surface area (Å²) in [6.07, 6.45) is 1.29. The van der Waals surface area contributed by atoms with Crippen LogP contribution >= 0.6 is 11.6 Å². The third kappa shape index (κ3) is 2.33.